The second-order valence-corrected chi connectivity index (χ2v) is 7.49. The average molecular weight is 418 g/mol. The van der Waals surface area contributed by atoms with Crippen molar-refractivity contribution in [2.45, 2.75) is 0 Å². The number of halogens is 1. The number of rotatable bonds is 3. The van der Waals surface area contributed by atoms with E-state index < -0.39 is 22.8 Å². The van der Waals surface area contributed by atoms with Crippen LogP contribution >= 0.6 is 0 Å². The normalized spacial score (nSPS) is 14.3. The zero-order valence-electron chi connectivity index (χ0n) is 16.5. The summed E-state index contributed by atoms with van der Waals surface area (Å²) in [5.74, 6) is -1.90. The molecule has 1 aliphatic heterocycles. The van der Waals surface area contributed by atoms with Gasteiger partial charge in [-0.25, -0.2) is 9.18 Å². The molecular weight excluding hydrogens is 399 g/mol. The lowest BCUT2D eigenvalue weighted by Gasteiger charge is -2.30. The predicted octanol–water partition coefficient (Wildman–Crippen LogP) is 2.79. The standard InChI is InChI=1S/C23H19FN4O3/c24-18-10-16-20(11-21(18)27-7-5-25-6-8-27)28(13-17(22(16)29)23(30)31)15-9-14-3-1-2-4-19(14)26-12-15/h1-4,9-13,25H,5-8H2,(H,30,31). The number of anilines is 1. The summed E-state index contributed by atoms with van der Waals surface area (Å²) in [5.41, 5.74) is 1.07. The van der Waals surface area contributed by atoms with Crippen LogP contribution in [0.15, 0.2) is 59.7 Å². The average Bonchev–Trinajstić information content (AvgIpc) is 2.79. The van der Waals surface area contributed by atoms with Crippen molar-refractivity contribution in [3.8, 4) is 5.69 Å². The molecular formula is C23H19FN4O3. The van der Waals surface area contributed by atoms with Gasteiger partial charge in [0.05, 0.1) is 28.6 Å². The monoisotopic (exact) mass is 418 g/mol. The highest BCUT2D eigenvalue weighted by atomic mass is 19.1. The summed E-state index contributed by atoms with van der Waals surface area (Å²) >= 11 is 0. The molecule has 0 saturated carbocycles. The van der Waals surface area contributed by atoms with Crippen molar-refractivity contribution >= 4 is 33.5 Å². The van der Waals surface area contributed by atoms with Crippen molar-refractivity contribution in [3.63, 3.8) is 0 Å². The molecule has 0 radical (unpaired) electrons. The van der Waals surface area contributed by atoms with Crippen molar-refractivity contribution in [2.75, 3.05) is 31.1 Å². The van der Waals surface area contributed by atoms with Crippen LogP contribution in [0.2, 0.25) is 0 Å². The van der Waals surface area contributed by atoms with Gasteiger partial charge < -0.3 is 19.9 Å². The van der Waals surface area contributed by atoms with Crippen LogP contribution < -0.4 is 15.6 Å². The van der Waals surface area contributed by atoms with Crippen molar-refractivity contribution in [1.82, 2.24) is 14.9 Å². The predicted molar refractivity (Wildman–Crippen MR) is 117 cm³/mol. The second kappa shape index (κ2) is 7.48. The van der Waals surface area contributed by atoms with Gasteiger partial charge in [0.1, 0.15) is 11.4 Å². The summed E-state index contributed by atoms with van der Waals surface area (Å²) in [7, 11) is 0. The van der Waals surface area contributed by atoms with E-state index in [1.807, 2.05) is 35.2 Å². The molecule has 0 aliphatic carbocycles. The molecule has 31 heavy (non-hydrogen) atoms. The number of aromatic carboxylic acids is 1. The Hall–Kier alpha value is -3.78. The number of para-hydroxylation sites is 1. The van der Waals surface area contributed by atoms with Gasteiger partial charge >= 0.3 is 5.97 Å². The van der Waals surface area contributed by atoms with E-state index >= 15 is 0 Å². The Kier molecular flexibility index (Phi) is 4.63. The van der Waals surface area contributed by atoms with Crippen LogP contribution in [0.5, 0.6) is 0 Å². The Morgan fingerprint density at radius 2 is 1.90 bits per heavy atom. The van der Waals surface area contributed by atoms with Crippen LogP contribution in [0.25, 0.3) is 27.5 Å². The van der Waals surface area contributed by atoms with E-state index in [2.05, 4.69) is 10.3 Å². The Bertz CT molecular complexity index is 1390. The number of hydrogen-bond donors (Lipinski definition) is 2. The third-order valence-electron chi connectivity index (χ3n) is 5.61. The lowest BCUT2D eigenvalue weighted by molar-refractivity contribution is 0.0695. The molecule has 2 N–H and O–H groups in total. The molecule has 2 aromatic heterocycles. The summed E-state index contributed by atoms with van der Waals surface area (Å²) in [4.78, 5) is 30.9. The van der Waals surface area contributed by atoms with E-state index in [-0.39, 0.29) is 5.39 Å². The molecule has 0 spiro atoms. The second-order valence-electron chi connectivity index (χ2n) is 7.49. The Morgan fingerprint density at radius 1 is 1.13 bits per heavy atom. The number of nitrogens with one attached hydrogen (secondary N) is 1. The minimum atomic E-state index is -1.36. The van der Waals surface area contributed by atoms with Gasteiger partial charge in [0.15, 0.2) is 0 Å². The molecule has 5 rings (SSSR count). The lowest BCUT2D eigenvalue weighted by Crippen LogP contribution is -2.43. The number of carboxylic acids is 1. The number of carbonyl (C=O) groups is 1. The number of carboxylic acid groups (broad SMARTS) is 1. The molecule has 2 aromatic carbocycles. The van der Waals surface area contributed by atoms with Crippen LogP contribution in [0.1, 0.15) is 10.4 Å². The van der Waals surface area contributed by atoms with Crippen LogP contribution in [0, 0.1) is 5.82 Å². The molecule has 7 nitrogen and oxygen atoms in total. The van der Waals surface area contributed by atoms with E-state index in [1.54, 1.807) is 16.8 Å². The largest absolute Gasteiger partial charge is 0.477 e. The highest BCUT2D eigenvalue weighted by Crippen LogP contribution is 2.28. The van der Waals surface area contributed by atoms with E-state index in [0.717, 1.165) is 30.1 Å². The number of piperazine rings is 1. The number of aromatic nitrogens is 2. The Balaban J connectivity index is 1.80. The smallest absolute Gasteiger partial charge is 0.341 e. The first kappa shape index (κ1) is 19.2. The summed E-state index contributed by atoms with van der Waals surface area (Å²) in [6.45, 7) is 2.74. The first-order valence-electron chi connectivity index (χ1n) is 9.96. The molecule has 156 valence electrons. The fourth-order valence-corrected chi connectivity index (χ4v) is 4.04. The van der Waals surface area contributed by atoms with Crippen molar-refractivity contribution < 1.29 is 14.3 Å². The van der Waals surface area contributed by atoms with E-state index in [4.69, 9.17) is 0 Å². The molecule has 0 amide bonds. The van der Waals surface area contributed by atoms with Crippen LogP contribution in [-0.2, 0) is 0 Å². The number of nitrogens with zero attached hydrogens (tertiary/aromatic N) is 3. The molecule has 0 bridgehead atoms. The van der Waals surface area contributed by atoms with Gasteiger partial charge in [-0.3, -0.25) is 9.78 Å². The maximum atomic E-state index is 15.0. The number of pyridine rings is 2. The van der Waals surface area contributed by atoms with E-state index in [9.17, 15) is 19.1 Å². The Labute approximate surface area is 176 Å². The van der Waals surface area contributed by atoms with E-state index in [0.29, 0.717) is 30.0 Å². The molecule has 3 heterocycles. The quantitative estimate of drug-likeness (QED) is 0.532. The first-order valence-corrected chi connectivity index (χ1v) is 9.96. The van der Waals surface area contributed by atoms with Crippen LogP contribution in [-0.4, -0.2) is 46.8 Å². The minimum Gasteiger partial charge on any atom is -0.477 e. The summed E-state index contributed by atoms with van der Waals surface area (Å²) in [6.07, 6.45) is 2.91. The van der Waals surface area contributed by atoms with Gasteiger partial charge in [-0.05, 0) is 24.3 Å². The number of hydrogen-bond acceptors (Lipinski definition) is 5. The van der Waals surface area contributed by atoms with Gasteiger partial charge in [-0.1, -0.05) is 18.2 Å². The fourth-order valence-electron chi connectivity index (χ4n) is 4.04. The molecule has 0 unspecified atom stereocenters. The van der Waals surface area contributed by atoms with Gasteiger partial charge in [-0.2, -0.15) is 0 Å². The molecule has 4 aromatic rings. The highest BCUT2D eigenvalue weighted by Gasteiger charge is 2.21. The summed E-state index contributed by atoms with van der Waals surface area (Å²) in [5, 5.41) is 13.7. The third-order valence-corrected chi connectivity index (χ3v) is 5.61. The van der Waals surface area contributed by atoms with Crippen LogP contribution in [0.4, 0.5) is 10.1 Å². The maximum Gasteiger partial charge on any atom is 0.341 e. The minimum absolute atomic E-state index is 0.0180. The zero-order chi connectivity index (χ0) is 21.5. The third kappa shape index (κ3) is 3.30. The van der Waals surface area contributed by atoms with E-state index in [1.165, 1.54) is 6.20 Å². The molecule has 0 atom stereocenters. The molecule has 8 heteroatoms. The van der Waals surface area contributed by atoms with Gasteiger partial charge in [0, 0.05) is 43.1 Å². The fraction of sp³-hybridized carbons (Fsp3) is 0.174. The zero-order valence-corrected chi connectivity index (χ0v) is 16.5. The highest BCUT2D eigenvalue weighted by molar-refractivity contribution is 5.94. The Morgan fingerprint density at radius 3 is 2.68 bits per heavy atom. The lowest BCUT2D eigenvalue weighted by atomic mass is 10.1. The topological polar surface area (TPSA) is 87.5 Å². The van der Waals surface area contributed by atoms with Crippen molar-refractivity contribution in [2.24, 2.45) is 0 Å². The van der Waals surface area contributed by atoms with Crippen molar-refractivity contribution in [1.29, 1.82) is 0 Å². The first-order chi connectivity index (χ1) is 15.0. The number of fused-ring (bicyclic) bond motifs is 2. The van der Waals surface area contributed by atoms with Crippen molar-refractivity contribution in [3.05, 3.63) is 76.5 Å². The van der Waals surface area contributed by atoms with Gasteiger partial charge in [0.25, 0.3) is 0 Å². The molecule has 1 aliphatic rings. The summed E-state index contributed by atoms with van der Waals surface area (Å²) < 4.78 is 16.6. The van der Waals surface area contributed by atoms with Gasteiger partial charge in [0.2, 0.25) is 5.43 Å². The maximum absolute atomic E-state index is 15.0. The summed E-state index contributed by atoms with van der Waals surface area (Å²) in [6, 6.07) is 12.2. The SMILES string of the molecule is O=C(O)c1cn(-c2cnc3ccccc3c2)c2cc(N3CCNCC3)c(F)cc2c1=O. The van der Waals surface area contributed by atoms with Gasteiger partial charge in [-0.15, -0.1) is 0 Å². The van der Waals surface area contributed by atoms with Crippen LogP contribution in [0.3, 0.4) is 0 Å². The number of benzene rings is 2. The molecule has 1 saturated heterocycles. The molecule has 1 fully saturated rings.